The molecule has 5 rings (SSSR count). The van der Waals surface area contributed by atoms with Crippen molar-refractivity contribution in [2.45, 2.75) is 25.7 Å². The number of aromatic nitrogens is 3. The van der Waals surface area contributed by atoms with Gasteiger partial charge in [-0.1, -0.05) is 6.07 Å². The van der Waals surface area contributed by atoms with E-state index in [1.165, 1.54) is 26.4 Å². The highest BCUT2D eigenvalue weighted by Crippen LogP contribution is 2.34. The van der Waals surface area contributed by atoms with Gasteiger partial charge < -0.3 is 30.9 Å². The van der Waals surface area contributed by atoms with Gasteiger partial charge in [-0.2, -0.15) is 0 Å². The number of hydrogen-bond donors (Lipinski definition) is 4. The standard InChI is InChI=1S/C28H30N8O5/c1-29-27(39)23-21(14-22(34-35-23)33-25(37)16-8-9-16)32-19-7-5-6-18(24(19)41-2)26(38)31-17-10-11-20(30-15-17)28(40)36-12-3-4-13-36/h5-7,10-11,14-16H,3-4,8-9,12-13H2,1-2H3,(H,29,39)(H,31,38)(H2,32,33,34,37). The fourth-order valence-electron chi connectivity index (χ4n) is 4.46. The van der Waals surface area contributed by atoms with E-state index in [9.17, 15) is 19.2 Å². The Morgan fingerprint density at radius 2 is 1.73 bits per heavy atom. The van der Waals surface area contributed by atoms with Crippen molar-refractivity contribution in [1.82, 2.24) is 25.4 Å². The summed E-state index contributed by atoms with van der Waals surface area (Å²) in [5, 5.41) is 19.1. The fourth-order valence-corrected chi connectivity index (χ4v) is 4.46. The molecule has 3 aromatic rings. The predicted molar refractivity (Wildman–Crippen MR) is 150 cm³/mol. The van der Waals surface area contributed by atoms with E-state index in [0.29, 0.717) is 17.1 Å². The van der Waals surface area contributed by atoms with E-state index >= 15 is 0 Å². The number of amides is 4. The van der Waals surface area contributed by atoms with Gasteiger partial charge in [-0.3, -0.25) is 19.2 Å². The van der Waals surface area contributed by atoms with Crippen molar-refractivity contribution >= 4 is 46.5 Å². The van der Waals surface area contributed by atoms with E-state index in [2.05, 4.69) is 36.4 Å². The third-order valence-electron chi connectivity index (χ3n) is 6.80. The molecule has 0 bridgehead atoms. The average molecular weight is 559 g/mol. The number of carbonyl (C=O) groups excluding carboxylic acids is 4. The van der Waals surface area contributed by atoms with Crippen molar-refractivity contribution in [2.75, 3.05) is 43.2 Å². The molecule has 2 aromatic heterocycles. The molecule has 13 nitrogen and oxygen atoms in total. The molecule has 2 fully saturated rings. The van der Waals surface area contributed by atoms with E-state index in [4.69, 9.17) is 4.74 Å². The summed E-state index contributed by atoms with van der Waals surface area (Å²) in [4.78, 5) is 56.5. The molecule has 1 aliphatic carbocycles. The average Bonchev–Trinajstić information content (AvgIpc) is 3.70. The van der Waals surface area contributed by atoms with Crippen molar-refractivity contribution in [3.8, 4) is 5.75 Å². The Hall–Kier alpha value is -5.07. The second kappa shape index (κ2) is 12.0. The zero-order valence-corrected chi connectivity index (χ0v) is 22.7. The molecule has 0 unspecified atom stereocenters. The van der Waals surface area contributed by atoms with Gasteiger partial charge in [-0.05, 0) is 49.9 Å². The SMILES string of the molecule is CNC(=O)c1nnc(NC(=O)C2CC2)cc1Nc1cccc(C(=O)Nc2ccc(C(=O)N3CCCC3)nc2)c1OC. The maximum Gasteiger partial charge on any atom is 0.273 e. The molecule has 0 atom stereocenters. The van der Waals surface area contributed by atoms with Gasteiger partial charge in [0.2, 0.25) is 5.91 Å². The summed E-state index contributed by atoms with van der Waals surface area (Å²) in [5.41, 5.74) is 1.55. The Labute approximate surface area is 236 Å². The van der Waals surface area contributed by atoms with Gasteiger partial charge in [0.05, 0.1) is 35.9 Å². The Morgan fingerprint density at radius 3 is 2.39 bits per heavy atom. The van der Waals surface area contributed by atoms with Gasteiger partial charge in [0, 0.05) is 32.1 Å². The van der Waals surface area contributed by atoms with Gasteiger partial charge in [0.1, 0.15) is 5.69 Å². The molecule has 0 spiro atoms. The van der Waals surface area contributed by atoms with E-state index in [-0.39, 0.29) is 46.2 Å². The molecule has 1 saturated heterocycles. The number of nitrogens with one attached hydrogen (secondary N) is 4. The van der Waals surface area contributed by atoms with Crippen LogP contribution in [0.15, 0.2) is 42.6 Å². The number of anilines is 4. The lowest BCUT2D eigenvalue weighted by atomic mass is 10.1. The number of para-hydroxylation sites is 1. The Morgan fingerprint density at radius 1 is 0.951 bits per heavy atom. The number of rotatable bonds is 9. The Bertz CT molecular complexity index is 1480. The van der Waals surface area contributed by atoms with Gasteiger partial charge in [-0.15, -0.1) is 10.2 Å². The van der Waals surface area contributed by atoms with Crippen LogP contribution in [-0.2, 0) is 4.79 Å². The van der Waals surface area contributed by atoms with E-state index in [1.54, 1.807) is 35.2 Å². The van der Waals surface area contributed by atoms with Gasteiger partial charge in [0.25, 0.3) is 17.7 Å². The van der Waals surface area contributed by atoms with Crippen LogP contribution < -0.4 is 26.0 Å². The molecule has 13 heteroatoms. The fraction of sp³-hybridized carbons (Fsp3) is 0.321. The lowest BCUT2D eigenvalue weighted by Crippen LogP contribution is -2.28. The number of benzene rings is 1. The number of ether oxygens (including phenoxy) is 1. The topological polar surface area (TPSA) is 168 Å². The zero-order valence-electron chi connectivity index (χ0n) is 22.7. The van der Waals surface area contributed by atoms with Gasteiger partial charge in [-0.25, -0.2) is 4.98 Å². The molecule has 4 amide bonds. The van der Waals surface area contributed by atoms with Crippen LogP contribution in [0.3, 0.4) is 0 Å². The number of carbonyl (C=O) groups is 4. The summed E-state index contributed by atoms with van der Waals surface area (Å²) in [5.74, 6) is -0.894. The van der Waals surface area contributed by atoms with Crippen LogP contribution in [0, 0.1) is 5.92 Å². The van der Waals surface area contributed by atoms with E-state index < -0.39 is 11.8 Å². The molecule has 3 heterocycles. The van der Waals surface area contributed by atoms with Crippen LogP contribution in [0.4, 0.5) is 22.9 Å². The lowest BCUT2D eigenvalue weighted by Gasteiger charge is -2.17. The maximum atomic E-state index is 13.2. The van der Waals surface area contributed by atoms with Crippen molar-refractivity contribution in [3.63, 3.8) is 0 Å². The summed E-state index contributed by atoms with van der Waals surface area (Å²) in [7, 11) is 2.88. The van der Waals surface area contributed by atoms with E-state index in [0.717, 1.165) is 38.8 Å². The maximum absolute atomic E-state index is 13.2. The highest BCUT2D eigenvalue weighted by Gasteiger charge is 2.30. The molecule has 2 aliphatic rings. The second-order valence-corrected chi connectivity index (χ2v) is 9.73. The second-order valence-electron chi connectivity index (χ2n) is 9.73. The first-order valence-corrected chi connectivity index (χ1v) is 13.3. The summed E-state index contributed by atoms with van der Waals surface area (Å²) < 4.78 is 5.58. The first kappa shape index (κ1) is 27.5. The minimum absolute atomic E-state index is 0.0107. The first-order valence-electron chi connectivity index (χ1n) is 13.3. The summed E-state index contributed by atoms with van der Waals surface area (Å²) in [6.07, 6.45) is 5.05. The largest absolute Gasteiger partial charge is 0.494 e. The number of likely N-dealkylation sites (tertiary alicyclic amines) is 1. The summed E-state index contributed by atoms with van der Waals surface area (Å²) in [6.45, 7) is 1.44. The number of nitrogens with zero attached hydrogens (tertiary/aromatic N) is 4. The van der Waals surface area contributed by atoms with Gasteiger partial charge >= 0.3 is 0 Å². The highest BCUT2D eigenvalue weighted by molar-refractivity contribution is 6.08. The Kier molecular flexibility index (Phi) is 8.04. The highest BCUT2D eigenvalue weighted by atomic mass is 16.5. The third kappa shape index (κ3) is 6.24. The summed E-state index contributed by atoms with van der Waals surface area (Å²) >= 11 is 0. The molecule has 212 valence electrons. The molecule has 1 aromatic carbocycles. The molecular weight excluding hydrogens is 528 g/mol. The lowest BCUT2D eigenvalue weighted by molar-refractivity contribution is -0.117. The molecule has 1 aliphatic heterocycles. The first-order chi connectivity index (χ1) is 19.9. The van der Waals surface area contributed by atoms with E-state index in [1.807, 2.05) is 0 Å². The quantitative estimate of drug-likeness (QED) is 0.309. The molecule has 1 saturated carbocycles. The molecule has 0 radical (unpaired) electrons. The Balaban J connectivity index is 1.36. The molecular formula is C28H30N8O5. The number of hydrogen-bond acceptors (Lipinski definition) is 9. The minimum atomic E-state index is -0.493. The normalized spacial score (nSPS) is 14.2. The van der Waals surface area contributed by atoms with Crippen LogP contribution in [0.1, 0.15) is 57.0 Å². The smallest absolute Gasteiger partial charge is 0.273 e. The minimum Gasteiger partial charge on any atom is -0.494 e. The van der Waals surface area contributed by atoms with Crippen LogP contribution >= 0.6 is 0 Å². The van der Waals surface area contributed by atoms with Crippen molar-refractivity contribution in [1.29, 1.82) is 0 Å². The van der Waals surface area contributed by atoms with Crippen LogP contribution in [0.2, 0.25) is 0 Å². The van der Waals surface area contributed by atoms with Crippen LogP contribution in [-0.4, -0.2) is 71.0 Å². The third-order valence-corrected chi connectivity index (χ3v) is 6.80. The number of pyridine rings is 1. The van der Waals surface area contributed by atoms with Crippen molar-refractivity contribution in [3.05, 3.63) is 59.5 Å². The summed E-state index contributed by atoms with van der Waals surface area (Å²) in [6, 6.07) is 9.62. The molecule has 41 heavy (non-hydrogen) atoms. The zero-order chi connectivity index (χ0) is 28.9. The monoisotopic (exact) mass is 558 g/mol. The van der Waals surface area contributed by atoms with Crippen molar-refractivity contribution < 1.29 is 23.9 Å². The van der Waals surface area contributed by atoms with Crippen LogP contribution in [0.25, 0.3) is 0 Å². The van der Waals surface area contributed by atoms with Crippen LogP contribution in [0.5, 0.6) is 5.75 Å². The number of methoxy groups -OCH3 is 1. The molecule has 4 N–H and O–H groups in total. The van der Waals surface area contributed by atoms with Gasteiger partial charge in [0.15, 0.2) is 17.3 Å². The van der Waals surface area contributed by atoms with Crippen molar-refractivity contribution in [2.24, 2.45) is 5.92 Å². The predicted octanol–water partition coefficient (Wildman–Crippen LogP) is 2.82.